The molecule has 0 aliphatic carbocycles. The minimum Gasteiger partial charge on any atom is -0.385 e. The lowest BCUT2D eigenvalue weighted by atomic mass is 9.68. The molecule has 0 saturated carbocycles. The quantitative estimate of drug-likeness (QED) is 0.488. The van der Waals surface area contributed by atoms with Gasteiger partial charge in [0.05, 0.1) is 0 Å². The molecule has 1 aliphatic heterocycles. The summed E-state index contributed by atoms with van der Waals surface area (Å²) in [6, 6.07) is 0. The Morgan fingerprint density at radius 2 is 2.62 bits per heavy atom. The van der Waals surface area contributed by atoms with Crippen LogP contribution in [-0.2, 0) is 4.74 Å². The molecule has 0 aromatic carbocycles. The lowest BCUT2D eigenvalue weighted by molar-refractivity contribution is 0.194. The van der Waals surface area contributed by atoms with Crippen molar-refractivity contribution in [3.63, 3.8) is 0 Å². The van der Waals surface area contributed by atoms with E-state index in [1.165, 1.54) is 19.2 Å². The largest absolute Gasteiger partial charge is 0.385 e. The Morgan fingerprint density at radius 1 is 1.75 bits per heavy atom. The van der Waals surface area contributed by atoms with Gasteiger partial charge in [-0.2, -0.15) is 0 Å². The molecule has 0 spiro atoms. The van der Waals surface area contributed by atoms with Gasteiger partial charge >= 0.3 is 0 Å². The van der Waals surface area contributed by atoms with Gasteiger partial charge in [-0.25, -0.2) is 0 Å². The fourth-order valence-electron chi connectivity index (χ4n) is 1.22. The van der Waals surface area contributed by atoms with Gasteiger partial charge in [0.1, 0.15) is 7.28 Å². The highest BCUT2D eigenvalue weighted by molar-refractivity contribution is 6.38. The first-order chi connectivity index (χ1) is 3.93. The maximum Gasteiger partial charge on any atom is 0.116 e. The van der Waals surface area contributed by atoms with E-state index in [1.807, 2.05) is 0 Å². The van der Waals surface area contributed by atoms with Crippen LogP contribution in [0.1, 0.15) is 12.8 Å². The van der Waals surface area contributed by atoms with Gasteiger partial charge in [-0.1, -0.05) is 19.2 Å². The number of ether oxygens (including phenoxy) is 1. The van der Waals surface area contributed by atoms with Gasteiger partial charge in [-0.3, -0.25) is 0 Å². The minimum atomic E-state index is 0.764. The van der Waals surface area contributed by atoms with E-state index in [4.69, 9.17) is 4.74 Å². The smallest absolute Gasteiger partial charge is 0.116 e. The molecule has 0 amide bonds. The summed E-state index contributed by atoms with van der Waals surface area (Å²) in [6.45, 7) is 0.931. The molecule has 1 rings (SSSR count). The summed E-state index contributed by atoms with van der Waals surface area (Å²) in [6.07, 6.45) is 4.01. The molecule has 1 nitrogen and oxygen atoms in total. The third kappa shape index (κ3) is 1.51. The van der Waals surface area contributed by atoms with Crippen LogP contribution in [-0.4, -0.2) is 21.0 Å². The van der Waals surface area contributed by atoms with Gasteiger partial charge in [0.15, 0.2) is 0 Å². The van der Waals surface area contributed by atoms with Crippen molar-refractivity contribution < 1.29 is 4.74 Å². The molecule has 1 fully saturated rings. The Bertz CT molecular complexity index is 59.5. The van der Waals surface area contributed by atoms with Gasteiger partial charge in [0, 0.05) is 13.7 Å². The Morgan fingerprint density at radius 3 is 3.12 bits per heavy atom. The average Bonchev–Trinajstić information content (AvgIpc) is 2.19. The molecule has 2 heteroatoms. The van der Waals surface area contributed by atoms with Crippen LogP contribution in [0.25, 0.3) is 0 Å². The molecule has 8 heavy (non-hydrogen) atoms. The molecule has 0 aromatic heterocycles. The first-order valence-corrected chi connectivity index (χ1v) is 3.26. The van der Waals surface area contributed by atoms with Crippen molar-refractivity contribution in [2.75, 3.05) is 13.7 Å². The molecule has 0 unspecified atom stereocenters. The van der Waals surface area contributed by atoms with E-state index >= 15 is 0 Å². The van der Waals surface area contributed by atoms with Crippen molar-refractivity contribution in [1.29, 1.82) is 0 Å². The van der Waals surface area contributed by atoms with Crippen molar-refractivity contribution >= 4 is 7.28 Å². The molecule has 1 atom stereocenters. The molecular formula is C6H12BO. The maximum atomic E-state index is 4.99. The van der Waals surface area contributed by atoms with Gasteiger partial charge < -0.3 is 4.74 Å². The number of methoxy groups -OCH3 is 1. The molecule has 0 N–H and O–H groups in total. The van der Waals surface area contributed by atoms with E-state index in [1.54, 1.807) is 7.11 Å². The van der Waals surface area contributed by atoms with Crippen molar-refractivity contribution in [3.8, 4) is 0 Å². The summed E-state index contributed by atoms with van der Waals surface area (Å²) >= 11 is 0. The van der Waals surface area contributed by atoms with Gasteiger partial charge in [0.25, 0.3) is 0 Å². The van der Waals surface area contributed by atoms with Crippen LogP contribution in [0.5, 0.6) is 0 Å². The molecule has 45 valence electrons. The second-order valence-electron chi connectivity index (χ2n) is 2.38. The third-order valence-electron chi connectivity index (χ3n) is 1.66. The number of hydrogen-bond donors (Lipinski definition) is 0. The summed E-state index contributed by atoms with van der Waals surface area (Å²) < 4.78 is 4.99. The third-order valence-corrected chi connectivity index (χ3v) is 1.66. The van der Waals surface area contributed by atoms with Gasteiger partial charge in [-0.05, 0) is 5.82 Å². The van der Waals surface area contributed by atoms with Crippen molar-refractivity contribution in [2.24, 2.45) is 0 Å². The standard InChI is InChI=1S/C6H12BO/c1-8-5-6-3-2-4-7-6/h6H,2-5H2,1H3/t6-/m0/s1. The van der Waals surface area contributed by atoms with Crippen molar-refractivity contribution in [1.82, 2.24) is 0 Å². The number of hydrogen-bond acceptors (Lipinski definition) is 1. The first kappa shape index (κ1) is 6.15. The first-order valence-electron chi connectivity index (χ1n) is 3.26. The predicted molar refractivity (Wildman–Crippen MR) is 35.4 cm³/mol. The normalized spacial score (nSPS) is 27.9. The van der Waals surface area contributed by atoms with Crippen molar-refractivity contribution in [3.05, 3.63) is 0 Å². The topological polar surface area (TPSA) is 9.23 Å². The van der Waals surface area contributed by atoms with Gasteiger partial charge in [0.2, 0.25) is 0 Å². The SMILES string of the molecule is COC[C@H]1[B]CCC1. The molecule has 1 heterocycles. The minimum absolute atomic E-state index is 0.764. The van der Waals surface area contributed by atoms with Crippen LogP contribution in [0.15, 0.2) is 0 Å². The fourth-order valence-corrected chi connectivity index (χ4v) is 1.22. The fraction of sp³-hybridized carbons (Fsp3) is 1.00. The summed E-state index contributed by atoms with van der Waals surface area (Å²) in [7, 11) is 4.13. The monoisotopic (exact) mass is 111 g/mol. The summed E-state index contributed by atoms with van der Waals surface area (Å²) in [5, 5.41) is 0. The van der Waals surface area contributed by atoms with E-state index in [2.05, 4.69) is 7.28 Å². The average molecular weight is 111 g/mol. The van der Waals surface area contributed by atoms with Crippen LogP contribution in [0.4, 0.5) is 0 Å². The van der Waals surface area contributed by atoms with Crippen LogP contribution >= 0.6 is 0 Å². The molecule has 1 aliphatic rings. The van der Waals surface area contributed by atoms with Gasteiger partial charge in [-0.15, -0.1) is 0 Å². The lowest BCUT2D eigenvalue weighted by Gasteiger charge is -2.03. The zero-order valence-corrected chi connectivity index (χ0v) is 5.39. The molecule has 0 bridgehead atoms. The van der Waals surface area contributed by atoms with Crippen LogP contribution in [0.3, 0.4) is 0 Å². The molecule has 1 radical (unpaired) electrons. The van der Waals surface area contributed by atoms with E-state index in [0.29, 0.717) is 0 Å². The molecule has 0 aromatic rings. The molecule has 1 saturated heterocycles. The Balaban J connectivity index is 2.06. The summed E-state index contributed by atoms with van der Waals surface area (Å²) in [5.74, 6) is 0.764. The zero-order valence-electron chi connectivity index (χ0n) is 5.39. The Labute approximate surface area is 51.7 Å². The van der Waals surface area contributed by atoms with E-state index in [9.17, 15) is 0 Å². The predicted octanol–water partition coefficient (Wildman–Crippen LogP) is 1.34. The van der Waals surface area contributed by atoms with Crippen LogP contribution < -0.4 is 0 Å². The Kier molecular flexibility index (Phi) is 2.41. The highest BCUT2D eigenvalue weighted by Crippen LogP contribution is 2.23. The highest BCUT2D eigenvalue weighted by atomic mass is 16.5. The second kappa shape index (κ2) is 3.13. The van der Waals surface area contributed by atoms with E-state index in [-0.39, 0.29) is 0 Å². The molecular weight excluding hydrogens is 98.9 g/mol. The van der Waals surface area contributed by atoms with Crippen LogP contribution in [0, 0.1) is 0 Å². The zero-order chi connectivity index (χ0) is 5.82. The van der Waals surface area contributed by atoms with E-state index in [0.717, 1.165) is 12.4 Å². The second-order valence-corrected chi connectivity index (χ2v) is 2.38. The van der Waals surface area contributed by atoms with Crippen molar-refractivity contribution in [2.45, 2.75) is 25.0 Å². The van der Waals surface area contributed by atoms with Crippen LogP contribution in [0.2, 0.25) is 12.1 Å². The summed E-state index contributed by atoms with van der Waals surface area (Å²) in [5.41, 5.74) is 0. The Hall–Kier alpha value is 0.0249. The summed E-state index contributed by atoms with van der Waals surface area (Å²) in [4.78, 5) is 0. The highest BCUT2D eigenvalue weighted by Gasteiger charge is 2.14. The lowest BCUT2D eigenvalue weighted by Crippen LogP contribution is -2.01. The maximum absolute atomic E-state index is 4.99. The number of rotatable bonds is 2. The van der Waals surface area contributed by atoms with E-state index < -0.39 is 0 Å².